The minimum atomic E-state index is 0.304. The second-order valence-corrected chi connectivity index (χ2v) is 5.25. The van der Waals surface area contributed by atoms with Crippen molar-refractivity contribution in [2.24, 2.45) is 0 Å². The van der Waals surface area contributed by atoms with E-state index < -0.39 is 0 Å². The fourth-order valence-electron chi connectivity index (χ4n) is 1.90. The molecule has 1 aromatic rings. The average molecular weight is 268 g/mol. The molecular formula is C12H19BBrN. The van der Waals surface area contributed by atoms with Crippen LogP contribution in [0.3, 0.4) is 0 Å². The van der Waals surface area contributed by atoms with Gasteiger partial charge >= 0.3 is 5.67 Å². The van der Waals surface area contributed by atoms with Crippen molar-refractivity contribution in [3.8, 4) is 0 Å². The van der Waals surface area contributed by atoms with E-state index in [0.717, 1.165) is 0 Å². The Morgan fingerprint density at radius 3 is 1.87 bits per heavy atom. The Morgan fingerprint density at radius 2 is 1.47 bits per heavy atom. The first-order valence-electron chi connectivity index (χ1n) is 5.50. The normalized spacial score (nSPS) is 11.5. The maximum atomic E-state index is 3.78. The van der Waals surface area contributed by atoms with Crippen LogP contribution >= 0.6 is 15.8 Å². The summed E-state index contributed by atoms with van der Waals surface area (Å²) in [5, 5.41) is 0. The molecule has 1 rings (SSSR count). The monoisotopic (exact) mass is 267 g/mol. The van der Waals surface area contributed by atoms with Crippen LogP contribution in [0.2, 0.25) is 0 Å². The summed E-state index contributed by atoms with van der Waals surface area (Å²) in [5.41, 5.74) is 1.62. The molecule has 0 radical (unpaired) electrons. The molecule has 0 amide bonds. The largest absolute Gasteiger partial charge is 0.336 e. The zero-order chi connectivity index (χ0) is 11.4. The van der Waals surface area contributed by atoms with Crippen LogP contribution in [0.1, 0.15) is 27.7 Å². The molecular weight excluding hydrogens is 249 g/mol. The zero-order valence-corrected chi connectivity index (χ0v) is 11.5. The third-order valence-electron chi connectivity index (χ3n) is 2.53. The first-order chi connectivity index (χ1) is 7.04. The van der Waals surface area contributed by atoms with Gasteiger partial charge in [0.05, 0.1) is 0 Å². The molecule has 0 bridgehead atoms. The summed E-state index contributed by atoms with van der Waals surface area (Å²) in [5.74, 6) is 0. The first-order valence-corrected chi connectivity index (χ1v) is 6.42. The summed E-state index contributed by atoms with van der Waals surface area (Å²) in [6.07, 6.45) is 0. The van der Waals surface area contributed by atoms with Crippen molar-refractivity contribution in [2.45, 2.75) is 39.8 Å². The highest BCUT2D eigenvalue weighted by atomic mass is 79.9. The fourth-order valence-corrected chi connectivity index (χ4v) is 3.15. The Labute approximate surface area is 102 Å². The molecule has 1 aromatic carbocycles. The second kappa shape index (κ2) is 5.71. The number of halogens is 1. The number of benzene rings is 1. The Morgan fingerprint density at radius 1 is 1.00 bits per heavy atom. The molecule has 0 spiro atoms. The van der Waals surface area contributed by atoms with E-state index in [0.29, 0.717) is 17.8 Å². The number of nitrogens with zero attached hydrogens (tertiary/aromatic N) is 1. The minimum Gasteiger partial charge on any atom is -0.324 e. The maximum absolute atomic E-state index is 3.78. The van der Waals surface area contributed by atoms with Crippen molar-refractivity contribution in [3.63, 3.8) is 0 Å². The zero-order valence-electron chi connectivity index (χ0n) is 9.94. The minimum absolute atomic E-state index is 0.304. The van der Waals surface area contributed by atoms with Crippen molar-refractivity contribution in [1.29, 1.82) is 0 Å². The predicted octanol–water partition coefficient (Wildman–Crippen LogP) is 2.90. The van der Waals surface area contributed by atoms with Crippen LogP contribution in [0.15, 0.2) is 30.3 Å². The van der Waals surface area contributed by atoms with Crippen molar-refractivity contribution in [3.05, 3.63) is 30.3 Å². The Hall–Kier alpha value is -0.275. The van der Waals surface area contributed by atoms with Crippen LogP contribution in [0.25, 0.3) is 0 Å². The van der Waals surface area contributed by atoms with Crippen LogP contribution in [0, 0.1) is 0 Å². The van der Waals surface area contributed by atoms with Gasteiger partial charge in [-0.3, -0.25) is 0 Å². The molecule has 0 aliphatic heterocycles. The van der Waals surface area contributed by atoms with Gasteiger partial charge in [0.2, 0.25) is 0 Å². The molecule has 0 aliphatic rings. The molecule has 0 saturated carbocycles. The van der Waals surface area contributed by atoms with E-state index in [-0.39, 0.29) is 0 Å². The van der Waals surface area contributed by atoms with Crippen LogP contribution in [-0.4, -0.2) is 22.6 Å². The molecule has 0 N–H and O–H groups in total. The van der Waals surface area contributed by atoms with Gasteiger partial charge < -0.3 is 4.81 Å². The molecule has 0 unspecified atom stereocenters. The Bertz CT molecular complexity index is 279. The highest BCUT2D eigenvalue weighted by molar-refractivity contribution is 9.24. The van der Waals surface area contributed by atoms with Gasteiger partial charge in [-0.1, -0.05) is 63.5 Å². The summed E-state index contributed by atoms with van der Waals surface area (Å²) < 4.78 is 0. The van der Waals surface area contributed by atoms with Crippen LogP contribution in [0.4, 0.5) is 0 Å². The highest BCUT2D eigenvalue weighted by Gasteiger charge is 2.26. The molecule has 0 aliphatic carbocycles. The van der Waals surface area contributed by atoms with Gasteiger partial charge in [-0.05, 0) is 12.1 Å². The Kier molecular flexibility index (Phi) is 4.87. The van der Waals surface area contributed by atoms with E-state index in [1.54, 1.807) is 0 Å². The summed E-state index contributed by atoms with van der Waals surface area (Å²) in [6, 6.07) is 11.6. The van der Waals surface area contributed by atoms with Crippen molar-refractivity contribution >= 4 is 26.9 Å². The van der Waals surface area contributed by atoms with Gasteiger partial charge in [0.15, 0.2) is 0 Å². The lowest BCUT2D eigenvalue weighted by Crippen LogP contribution is -2.51. The summed E-state index contributed by atoms with van der Waals surface area (Å²) >= 11 is 3.78. The molecule has 1 nitrogen and oxygen atoms in total. The second-order valence-electron chi connectivity index (χ2n) is 4.38. The van der Waals surface area contributed by atoms with E-state index in [4.69, 9.17) is 0 Å². The molecule has 0 aromatic heterocycles. The lowest BCUT2D eigenvalue weighted by atomic mass is 9.77. The van der Waals surface area contributed by atoms with E-state index in [1.165, 1.54) is 5.46 Å². The van der Waals surface area contributed by atoms with Gasteiger partial charge in [0.25, 0.3) is 0 Å². The lowest BCUT2D eigenvalue weighted by molar-refractivity contribution is 0.313. The molecule has 0 saturated heterocycles. The SMILES string of the molecule is CC(C)N(B(Br)c1ccccc1)C(C)C. The quantitative estimate of drug-likeness (QED) is 0.759. The summed E-state index contributed by atoms with van der Waals surface area (Å²) in [6.45, 7) is 8.93. The van der Waals surface area contributed by atoms with E-state index in [9.17, 15) is 0 Å². The number of rotatable bonds is 4. The summed E-state index contributed by atoms with van der Waals surface area (Å²) in [7, 11) is 0. The topological polar surface area (TPSA) is 3.24 Å². The van der Waals surface area contributed by atoms with Gasteiger partial charge in [0, 0.05) is 0 Å². The van der Waals surface area contributed by atoms with Crippen LogP contribution in [0.5, 0.6) is 0 Å². The maximum Gasteiger partial charge on any atom is 0.336 e. The van der Waals surface area contributed by atoms with E-state index in [1.807, 2.05) is 0 Å². The molecule has 3 heteroatoms. The van der Waals surface area contributed by atoms with Gasteiger partial charge in [-0.25, -0.2) is 0 Å². The third kappa shape index (κ3) is 3.35. The van der Waals surface area contributed by atoms with Gasteiger partial charge in [-0.2, -0.15) is 0 Å². The molecule has 0 fully saturated rings. The Balaban J connectivity index is 2.86. The van der Waals surface area contributed by atoms with Crippen LogP contribution < -0.4 is 5.46 Å². The number of hydrogen-bond acceptors (Lipinski definition) is 1. The van der Waals surface area contributed by atoms with Crippen LogP contribution in [-0.2, 0) is 0 Å². The van der Waals surface area contributed by atoms with Gasteiger partial charge in [-0.15, -0.1) is 15.8 Å². The standard InChI is InChI=1S/C12H19BBrN/c1-10(2)15(11(3)4)13(14)12-8-6-5-7-9-12/h5-11H,1-4H3. The predicted molar refractivity (Wildman–Crippen MR) is 72.9 cm³/mol. The first kappa shape index (κ1) is 12.8. The molecule has 15 heavy (non-hydrogen) atoms. The molecule has 82 valence electrons. The highest BCUT2D eigenvalue weighted by Crippen LogP contribution is 2.12. The smallest absolute Gasteiger partial charge is 0.324 e. The van der Waals surface area contributed by atoms with E-state index in [2.05, 4.69) is 78.6 Å². The van der Waals surface area contributed by atoms with Crippen molar-refractivity contribution in [2.75, 3.05) is 0 Å². The molecule has 0 heterocycles. The van der Waals surface area contributed by atoms with Crippen molar-refractivity contribution < 1.29 is 0 Å². The number of hydrogen-bond donors (Lipinski definition) is 0. The third-order valence-corrected chi connectivity index (χ3v) is 3.53. The van der Waals surface area contributed by atoms with Gasteiger partial charge in [0.1, 0.15) is 0 Å². The fraction of sp³-hybridized carbons (Fsp3) is 0.500. The lowest BCUT2D eigenvalue weighted by Gasteiger charge is -2.33. The summed E-state index contributed by atoms with van der Waals surface area (Å²) in [4.78, 5) is 2.45. The van der Waals surface area contributed by atoms with E-state index >= 15 is 0 Å². The van der Waals surface area contributed by atoms with Crippen molar-refractivity contribution in [1.82, 2.24) is 4.81 Å². The average Bonchev–Trinajstić information content (AvgIpc) is 2.18. The molecule has 0 atom stereocenters.